The minimum Gasteiger partial charge on any atom is -0.490 e. The van der Waals surface area contributed by atoms with Gasteiger partial charge in [0.05, 0.1) is 16.7 Å². The third kappa shape index (κ3) is 8.76. The highest BCUT2D eigenvalue weighted by atomic mass is 35.5. The van der Waals surface area contributed by atoms with Gasteiger partial charge >= 0.3 is 12.1 Å². The number of nitrogens with zero attached hydrogens (tertiary/aromatic N) is 5. The molecule has 250 valence electrons. The first kappa shape index (κ1) is 34.1. The lowest BCUT2D eigenvalue weighted by Gasteiger charge is -2.42. The summed E-state index contributed by atoms with van der Waals surface area (Å²) in [5.74, 6) is -2.56. The first-order valence-corrected chi connectivity index (χ1v) is 16.2. The SMILES string of the molecule is N#Cc1ccc(OC2CCC(NC(=O)c3ccc(N4CCC(CC5CN(CCCC(F)(F)C(F)(F)F)C5)CC4)nn3)CC2)cc1Cl. The van der Waals surface area contributed by atoms with E-state index in [-0.39, 0.29) is 36.7 Å². The number of halogens is 6. The molecule has 3 heterocycles. The summed E-state index contributed by atoms with van der Waals surface area (Å²) >= 11 is 6.10. The van der Waals surface area contributed by atoms with E-state index in [2.05, 4.69) is 20.4 Å². The van der Waals surface area contributed by atoms with Gasteiger partial charge in [-0.3, -0.25) is 4.79 Å². The summed E-state index contributed by atoms with van der Waals surface area (Å²) < 4.78 is 69.2. The monoisotopic (exact) mass is 668 g/mol. The van der Waals surface area contributed by atoms with Crippen molar-refractivity contribution in [3.05, 3.63) is 46.6 Å². The Morgan fingerprint density at radius 2 is 1.72 bits per heavy atom. The van der Waals surface area contributed by atoms with Crippen LogP contribution in [0.25, 0.3) is 0 Å². The van der Waals surface area contributed by atoms with Crippen molar-refractivity contribution in [1.29, 1.82) is 5.26 Å². The average Bonchev–Trinajstić information content (AvgIpc) is 3.00. The highest BCUT2D eigenvalue weighted by Crippen LogP contribution is 2.39. The molecule has 1 aromatic carbocycles. The van der Waals surface area contributed by atoms with E-state index in [1.54, 1.807) is 24.3 Å². The Morgan fingerprint density at radius 3 is 2.33 bits per heavy atom. The smallest absolute Gasteiger partial charge is 0.453 e. The Labute approximate surface area is 270 Å². The van der Waals surface area contributed by atoms with Crippen molar-refractivity contribution in [2.45, 2.75) is 82.0 Å². The van der Waals surface area contributed by atoms with Crippen LogP contribution in [0.3, 0.4) is 0 Å². The molecular formula is C32H38ClF5N6O2. The minimum absolute atomic E-state index is 0.00620. The number of hydrogen-bond donors (Lipinski definition) is 1. The van der Waals surface area contributed by atoms with Crippen LogP contribution in [-0.4, -0.2) is 78.0 Å². The number of amides is 1. The molecule has 0 atom stereocenters. The Kier molecular flexibility index (Phi) is 10.9. The zero-order valence-corrected chi connectivity index (χ0v) is 26.2. The molecule has 3 aliphatic rings. The molecule has 1 saturated carbocycles. The maximum atomic E-state index is 13.1. The van der Waals surface area contributed by atoms with E-state index in [0.29, 0.717) is 28.2 Å². The molecule has 0 spiro atoms. The number of nitrogens with one attached hydrogen (secondary N) is 1. The van der Waals surface area contributed by atoms with Gasteiger partial charge < -0.3 is 19.9 Å². The summed E-state index contributed by atoms with van der Waals surface area (Å²) in [6.07, 6.45) is -0.769. The van der Waals surface area contributed by atoms with Gasteiger partial charge in [0.2, 0.25) is 0 Å². The molecule has 1 aliphatic carbocycles. The largest absolute Gasteiger partial charge is 0.490 e. The fourth-order valence-corrected chi connectivity index (χ4v) is 6.81. The fourth-order valence-electron chi connectivity index (χ4n) is 6.60. The molecule has 14 heteroatoms. The summed E-state index contributed by atoms with van der Waals surface area (Å²) in [6.45, 7) is 3.38. The molecule has 2 aromatic rings. The van der Waals surface area contributed by atoms with Crippen LogP contribution in [-0.2, 0) is 0 Å². The van der Waals surface area contributed by atoms with E-state index in [1.165, 1.54) is 0 Å². The first-order chi connectivity index (χ1) is 21.9. The van der Waals surface area contributed by atoms with Gasteiger partial charge in [0.15, 0.2) is 11.5 Å². The number of piperidine rings is 1. The summed E-state index contributed by atoms with van der Waals surface area (Å²) in [6, 6.07) is 10.6. The third-order valence-corrected chi connectivity index (χ3v) is 9.59. The second kappa shape index (κ2) is 14.7. The standard InChI is InChI=1S/C32H38ClF5N6O2/c33-27-17-26(5-2-23(27)18-39)46-25-6-3-24(4-7-25)40-30(45)28-8-9-29(42-41-28)44-14-10-21(11-15-44)16-22-19-43(20-22)13-1-12-31(34,35)32(36,37)38/h2,5,8-9,17,21-22,24-25H,1,3-4,6-7,10-16,19-20H2,(H,40,45). The summed E-state index contributed by atoms with van der Waals surface area (Å²) in [5.41, 5.74) is 0.667. The van der Waals surface area contributed by atoms with Gasteiger partial charge in [-0.15, -0.1) is 10.2 Å². The van der Waals surface area contributed by atoms with Crippen LogP contribution in [0, 0.1) is 23.2 Å². The van der Waals surface area contributed by atoms with Crippen molar-refractivity contribution in [3.8, 4) is 11.8 Å². The van der Waals surface area contributed by atoms with Crippen LogP contribution in [0.15, 0.2) is 30.3 Å². The molecule has 0 radical (unpaired) electrons. The fraction of sp³-hybridized carbons (Fsp3) is 0.625. The Balaban J connectivity index is 0.967. The topological polar surface area (TPSA) is 94.4 Å². The molecule has 1 aromatic heterocycles. The first-order valence-electron chi connectivity index (χ1n) is 15.8. The molecule has 1 amide bonds. The highest BCUT2D eigenvalue weighted by Gasteiger charge is 2.56. The van der Waals surface area contributed by atoms with Gasteiger partial charge in [0.25, 0.3) is 5.91 Å². The second-order valence-electron chi connectivity index (χ2n) is 12.7. The van der Waals surface area contributed by atoms with Crippen LogP contribution in [0.2, 0.25) is 5.02 Å². The number of carbonyl (C=O) groups excluding carboxylic acids is 1. The molecule has 0 bridgehead atoms. The molecule has 5 rings (SSSR count). The van der Waals surface area contributed by atoms with Crippen LogP contribution in [0.4, 0.5) is 27.8 Å². The summed E-state index contributed by atoms with van der Waals surface area (Å²) in [4.78, 5) is 16.9. The number of ether oxygens (including phenoxy) is 1. The predicted molar refractivity (Wildman–Crippen MR) is 162 cm³/mol. The maximum Gasteiger partial charge on any atom is 0.453 e. The third-order valence-electron chi connectivity index (χ3n) is 9.27. The van der Waals surface area contributed by atoms with Crippen molar-refractivity contribution in [3.63, 3.8) is 0 Å². The van der Waals surface area contributed by atoms with Gasteiger partial charge in [0, 0.05) is 44.7 Å². The normalized spacial score (nSPS) is 21.8. The van der Waals surface area contributed by atoms with E-state index in [9.17, 15) is 26.7 Å². The molecule has 2 saturated heterocycles. The average molecular weight is 669 g/mol. The quantitative estimate of drug-likeness (QED) is 0.269. The zero-order valence-electron chi connectivity index (χ0n) is 25.4. The summed E-state index contributed by atoms with van der Waals surface area (Å²) in [7, 11) is 0. The second-order valence-corrected chi connectivity index (χ2v) is 13.1. The molecule has 0 unspecified atom stereocenters. The molecule has 46 heavy (non-hydrogen) atoms. The number of nitriles is 1. The molecule has 1 N–H and O–H groups in total. The number of carbonyl (C=O) groups is 1. The van der Waals surface area contributed by atoms with Gasteiger partial charge in [-0.2, -0.15) is 27.2 Å². The van der Waals surface area contributed by atoms with Gasteiger partial charge in [0.1, 0.15) is 11.8 Å². The van der Waals surface area contributed by atoms with Crippen molar-refractivity contribution >= 4 is 23.3 Å². The highest BCUT2D eigenvalue weighted by molar-refractivity contribution is 6.31. The van der Waals surface area contributed by atoms with E-state index in [0.717, 1.165) is 76.9 Å². The molecule has 8 nitrogen and oxygen atoms in total. The van der Waals surface area contributed by atoms with Crippen molar-refractivity contribution in [2.75, 3.05) is 37.6 Å². The van der Waals surface area contributed by atoms with E-state index in [4.69, 9.17) is 21.6 Å². The number of likely N-dealkylation sites (tertiary alicyclic amines) is 1. The lowest BCUT2D eigenvalue weighted by atomic mass is 9.83. The number of alkyl halides is 5. The number of benzene rings is 1. The van der Waals surface area contributed by atoms with Crippen molar-refractivity contribution in [2.24, 2.45) is 11.8 Å². The predicted octanol–water partition coefficient (Wildman–Crippen LogP) is 6.64. The number of hydrogen-bond acceptors (Lipinski definition) is 7. The lowest BCUT2D eigenvalue weighted by molar-refractivity contribution is -0.284. The van der Waals surface area contributed by atoms with E-state index in [1.807, 2.05) is 17.0 Å². The lowest BCUT2D eigenvalue weighted by Crippen LogP contribution is -2.48. The molecule has 2 aliphatic heterocycles. The maximum absolute atomic E-state index is 13.1. The molecular weight excluding hydrogens is 631 g/mol. The number of aromatic nitrogens is 2. The van der Waals surface area contributed by atoms with Crippen LogP contribution in [0.5, 0.6) is 5.75 Å². The zero-order chi connectivity index (χ0) is 32.9. The number of anilines is 1. The van der Waals surface area contributed by atoms with Gasteiger partial charge in [-0.05, 0) is 94.0 Å². The van der Waals surface area contributed by atoms with E-state index >= 15 is 0 Å². The van der Waals surface area contributed by atoms with Crippen molar-refractivity contribution in [1.82, 2.24) is 20.4 Å². The van der Waals surface area contributed by atoms with Crippen LogP contribution >= 0.6 is 11.6 Å². The van der Waals surface area contributed by atoms with Crippen LogP contribution < -0.4 is 15.0 Å². The number of rotatable bonds is 11. The van der Waals surface area contributed by atoms with Crippen molar-refractivity contribution < 1.29 is 31.5 Å². The van der Waals surface area contributed by atoms with Gasteiger partial charge in [-0.25, -0.2) is 0 Å². The summed E-state index contributed by atoms with van der Waals surface area (Å²) in [5, 5.41) is 20.9. The molecule has 3 fully saturated rings. The van der Waals surface area contributed by atoms with Crippen LogP contribution in [0.1, 0.15) is 73.8 Å². The van der Waals surface area contributed by atoms with E-state index < -0.39 is 18.5 Å². The minimum atomic E-state index is -5.48. The van der Waals surface area contributed by atoms with Gasteiger partial charge in [-0.1, -0.05) is 11.6 Å². The Morgan fingerprint density at radius 1 is 1.00 bits per heavy atom. The Hall–Kier alpha value is -3.24. The Bertz CT molecular complexity index is 1370.